The van der Waals surface area contributed by atoms with Crippen LogP contribution in [0.4, 0.5) is 4.79 Å². The van der Waals surface area contributed by atoms with Crippen molar-refractivity contribution >= 4 is 6.03 Å². The molecule has 0 aromatic carbocycles. The van der Waals surface area contributed by atoms with Gasteiger partial charge in [0.25, 0.3) is 0 Å². The van der Waals surface area contributed by atoms with E-state index < -0.39 is 0 Å². The van der Waals surface area contributed by atoms with Crippen LogP contribution in [0.5, 0.6) is 0 Å². The number of nitrogens with two attached hydrogens (primary N) is 2. The first-order valence-corrected chi connectivity index (χ1v) is 4.91. The molecule has 0 bridgehead atoms. The number of carbonyl (C=O) groups excluding carboxylic acids is 1. The molecule has 0 aromatic heterocycles. The van der Waals surface area contributed by atoms with E-state index in [4.69, 9.17) is 11.5 Å². The lowest BCUT2D eigenvalue weighted by Gasteiger charge is -2.40. The molecule has 0 aromatic rings. The number of hydrogen-bond donors (Lipinski definition) is 2. The van der Waals surface area contributed by atoms with Crippen LogP contribution < -0.4 is 11.5 Å². The summed E-state index contributed by atoms with van der Waals surface area (Å²) in [6.07, 6.45) is 3.23. The summed E-state index contributed by atoms with van der Waals surface area (Å²) in [5.74, 6) is 0.551. The Balaban J connectivity index is 2.19. The average Bonchev–Trinajstić information content (AvgIpc) is 2.01. The third-order valence-corrected chi connectivity index (χ3v) is 2.82. The van der Waals surface area contributed by atoms with E-state index in [0.717, 1.165) is 32.4 Å². The molecule has 1 aliphatic heterocycles. The largest absolute Gasteiger partial charge is 0.351 e. The highest BCUT2D eigenvalue weighted by molar-refractivity contribution is 5.73. The number of likely N-dealkylation sites (tertiary alicyclic amines) is 1. The van der Waals surface area contributed by atoms with Gasteiger partial charge < -0.3 is 16.4 Å². The predicted molar refractivity (Wildman–Crippen MR) is 52.1 cm³/mol. The maximum Gasteiger partial charge on any atom is 0.315 e. The van der Waals surface area contributed by atoms with Crippen LogP contribution in [0, 0.1) is 5.92 Å². The molecule has 2 unspecified atom stereocenters. The molecule has 4 nitrogen and oxygen atoms in total. The van der Waals surface area contributed by atoms with E-state index in [1.807, 2.05) is 0 Å². The van der Waals surface area contributed by atoms with Crippen LogP contribution in [0.25, 0.3) is 0 Å². The Labute approximate surface area is 79.3 Å². The van der Waals surface area contributed by atoms with Gasteiger partial charge in [-0.05, 0) is 31.7 Å². The summed E-state index contributed by atoms with van der Waals surface area (Å²) in [5, 5.41) is 0. The van der Waals surface area contributed by atoms with Crippen molar-refractivity contribution in [2.75, 3.05) is 13.1 Å². The number of nitrogens with zero attached hydrogens (tertiary/aromatic N) is 1. The monoisotopic (exact) mass is 185 g/mol. The van der Waals surface area contributed by atoms with E-state index in [2.05, 4.69) is 6.92 Å². The fourth-order valence-corrected chi connectivity index (χ4v) is 1.63. The van der Waals surface area contributed by atoms with Gasteiger partial charge in [-0.1, -0.05) is 6.92 Å². The molecule has 1 heterocycles. The summed E-state index contributed by atoms with van der Waals surface area (Å²) in [7, 11) is 0. The second kappa shape index (κ2) is 4.46. The Bertz CT molecular complexity index is 184. The normalized spacial score (nSPS) is 23.8. The molecule has 0 spiro atoms. The Kier molecular flexibility index (Phi) is 3.54. The van der Waals surface area contributed by atoms with Crippen LogP contribution in [0.15, 0.2) is 0 Å². The minimum Gasteiger partial charge on any atom is -0.351 e. The van der Waals surface area contributed by atoms with Gasteiger partial charge in [0, 0.05) is 12.6 Å². The molecule has 13 heavy (non-hydrogen) atoms. The first kappa shape index (κ1) is 10.3. The van der Waals surface area contributed by atoms with Gasteiger partial charge in [-0.2, -0.15) is 0 Å². The average molecular weight is 185 g/mol. The zero-order chi connectivity index (χ0) is 9.84. The van der Waals surface area contributed by atoms with Gasteiger partial charge >= 0.3 is 6.03 Å². The lowest BCUT2D eigenvalue weighted by Crippen LogP contribution is -2.53. The van der Waals surface area contributed by atoms with Crippen LogP contribution in [-0.2, 0) is 0 Å². The molecule has 4 heteroatoms. The van der Waals surface area contributed by atoms with E-state index in [-0.39, 0.29) is 6.03 Å². The van der Waals surface area contributed by atoms with E-state index in [9.17, 15) is 4.79 Å². The van der Waals surface area contributed by atoms with E-state index in [1.54, 1.807) is 4.90 Å². The first-order chi connectivity index (χ1) is 6.15. The number of rotatable bonds is 4. The van der Waals surface area contributed by atoms with Crippen LogP contribution in [0.1, 0.15) is 26.2 Å². The van der Waals surface area contributed by atoms with Gasteiger partial charge in [-0.3, -0.25) is 0 Å². The molecule has 2 atom stereocenters. The van der Waals surface area contributed by atoms with Crippen LogP contribution in [0.2, 0.25) is 0 Å². The van der Waals surface area contributed by atoms with Gasteiger partial charge in [0.15, 0.2) is 0 Å². The zero-order valence-electron chi connectivity index (χ0n) is 8.20. The van der Waals surface area contributed by atoms with Crippen molar-refractivity contribution in [2.24, 2.45) is 17.4 Å². The Morgan fingerprint density at radius 2 is 2.38 bits per heavy atom. The summed E-state index contributed by atoms with van der Waals surface area (Å²) < 4.78 is 0. The minimum absolute atomic E-state index is 0.281. The Hall–Kier alpha value is -0.770. The second-order valence-electron chi connectivity index (χ2n) is 3.89. The van der Waals surface area contributed by atoms with E-state index in [0.29, 0.717) is 12.0 Å². The number of urea groups is 1. The standard InChI is InChI=1S/C9H19N3O/c1-7(6-10)2-3-8-4-5-12(8)9(11)13/h7-8H,2-6,10H2,1H3,(H2,11,13). The van der Waals surface area contributed by atoms with Crippen LogP contribution in [0.3, 0.4) is 0 Å². The highest BCUT2D eigenvalue weighted by Gasteiger charge is 2.30. The Morgan fingerprint density at radius 3 is 2.77 bits per heavy atom. The van der Waals surface area contributed by atoms with Crippen molar-refractivity contribution < 1.29 is 4.79 Å². The number of primary amides is 1. The molecule has 1 rings (SSSR count). The Morgan fingerprint density at radius 1 is 1.69 bits per heavy atom. The molecule has 1 fully saturated rings. The smallest absolute Gasteiger partial charge is 0.315 e. The fraction of sp³-hybridized carbons (Fsp3) is 0.889. The fourth-order valence-electron chi connectivity index (χ4n) is 1.63. The summed E-state index contributed by atoms with van der Waals surface area (Å²) in [6.45, 7) is 3.69. The summed E-state index contributed by atoms with van der Waals surface area (Å²) in [6, 6.07) is 0.100. The van der Waals surface area contributed by atoms with Gasteiger partial charge in [0.1, 0.15) is 0 Å². The molecule has 0 radical (unpaired) electrons. The molecule has 76 valence electrons. The van der Waals surface area contributed by atoms with Crippen molar-refractivity contribution in [1.29, 1.82) is 0 Å². The highest BCUT2D eigenvalue weighted by Crippen LogP contribution is 2.22. The minimum atomic E-state index is -0.281. The topological polar surface area (TPSA) is 72.3 Å². The first-order valence-electron chi connectivity index (χ1n) is 4.91. The summed E-state index contributed by atoms with van der Waals surface area (Å²) in [4.78, 5) is 12.6. The van der Waals surface area contributed by atoms with Crippen molar-refractivity contribution in [1.82, 2.24) is 4.90 Å². The van der Waals surface area contributed by atoms with Crippen LogP contribution in [-0.4, -0.2) is 30.1 Å². The number of hydrogen-bond acceptors (Lipinski definition) is 2. The lowest BCUT2D eigenvalue weighted by atomic mass is 9.94. The van der Waals surface area contributed by atoms with Gasteiger partial charge in [0.05, 0.1) is 0 Å². The van der Waals surface area contributed by atoms with Crippen molar-refractivity contribution in [3.8, 4) is 0 Å². The quantitative estimate of drug-likeness (QED) is 0.670. The van der Waals surface area contributed by atoms with E-state index in [1.165, 1.54) is 0 Å². The van der Waals surface area contributed by atoms with Gasteiger partial charge in [-0.25, -0.2) is 4.79 Å². The maximum absolute atomic E-state index is 10.8. The molecule has 1 saturated heterocycles. The maximum atomic E-state index is 10.8. The van der Waals surface area contributed by atoms with Crippen molar-refractivity contribution in [3.63, 3.8) is 0 Å². The lowest BCUT2D eigenvalue weighted by molar-refractivity contribution is 0.112. The highest BCUT2D eigenvalue weighted by atomic mass is 16.2. The predicted octanol–water partition coefficient (Wildman–Crippen LogP) is 0.514. The third-order valence-electron chi connectivity index (χ3n) is 2.82. The molecular weight excluding hydrogens is 166 g/mol. The second-order valence-corrected chi connectivity index (χ2v) is 3.89. The van der Waals surface area contributed by atoms with Crippen molar-refractivity contribution in [2.45, 2.75) is 32.2 Å². The van der Waals surface area contributed by atoms with Gasteiger partial charge in [-0.15, -0.1) is 0 Å². The SMILES string of the molecule is CC(CN)CCC1CCN1C(N)=O. The molecular formula is C9H19N3O. The van der Waals surface area contributed by atoms with E-state index >= 15 is 0 Å². The summed E-state index contributed by atoms with van der Waals surface area (Å²) >= 11 is 0. The molecule has 4 N–H and O–H groups in total. The summed E-state index contributed by atoms with van der Waals surface area (Å²) in [5.41, 5.74) is 10.7. The number of amides is 2. The molecule has 1 aliphatic rings. The van der Waals surface area contributed by atoms with Crippen LogP contribution >= 0.6 is 0 Å². The van der Waals surface area contributed by atoms with Gasteiger partial charge in [0.2, 0.25) is 0 Å². The molecule has 0 saturated carbocycles. The zero-order valence-corrected chi connectivity index (χ0v) is 8.20. The third kappa shape index (κ3) is 2.59. The molecule has 2 amide bonds. The van der Waals surface area contributed by atoms with Crippen molar-refractivity contribution in [3.05, 3.63) is 0 Å². The molecule has 0 aliphatic carbocycles. The number of carbonyl (C=O) groups is 1.